The summed E-state index contributed by atoms with van der Waals surface area (Å²) in [5.74, 6) is -1.30. The molecule has 0 saturated heterocycles. The van der Waals surface area contributed by atoms with Gasteiger partial charge in [0.1, 0.15) is 11.6 Å². The third-order valence-electron chi connectivity index (χ3n) is 3.11. The first-order valence-corrected chi connectivity index (χ1v) is 8.47. The predicted molar refractivity (Wildman–Crippen MR) is 80.5 cm³/mol. The highest BCUT2D eigenvalue weighted by atomic mass is 31.2. The van der Waals surface area contributed by atoms with Crippen LogP contribution in [-0.4, -0.2) is 6.61 Å². The number of hydrogen-bond donors (Lipinski definition) is 0. The Kier molecular flexibility index (Phi) is 5.27. The van der Waals surface area contributed by atoms with Crippen LogP contribution in [0.3, 0.4) is 0 Å². The van der Waals surface area contributed by atoms with Crippen LogP contribution >= 0.6 is 7.37 Å². The molecule has 2 nitrogen and oxygen atoms in total. The van der Waals surface area contributed by atoms with Crippen molar-refractivity contribution in [3.63, 3.8) is 0 Å². The van der Waals surface area contributed by atoms with Gasteiger partial charge in [0, 0.05) is 0 Å². The van der Waals surface area contributed by atoms with Gasteiger partial charge in [-0.2, -0.15) is 0 Å². The molecule has 0 aliphatic carbocycles. The van der Waals surface area contributed by atoms with E-state index in [4.69, 9.17) is 4.52 Å². The van der Waals surface area contributed by atoms with Crippen LogP contribution in [0.25, 0.3) is 0 Å². The molecule has 0 N–H and O–H groups in total. The van der Waals surface area contributed by atoms with Crippen molar-refractivity contribution in [3.8, 4) is 0 Å². The van der Waals surface area contributed by atoms with Gasteiger partial charge >= 0.3 is 0 Å². The lowest BCUT2D eigenvalue weighted by Gasteiger charge is -2.20. The van der Waals surface area contributed by atoms with Crippen LogP contribution in [-0.2, 0) is 9.09 Å². The first kappa shape index (κ1) is 15.9. The zero-order chi connectivity index (χ0) is 15.3. The zero-order valence-corrected chi connectivity index (χ0v) is 12.7. The smallest absolute Gasteiger partial charge is 0.267 e. The van der Waals surface area contributed by atoms with Gasteiger partial charge in [-0.3, -0.25) is 4.57 Å². The summed E-state index contributed by atoms with van der Waals surface area (Å²) >= 11 is 0. The van der Waals surface area contributed by atoms with E-state index in [9.17, 15) is 13.3 Å². The molecule has 112 valence electrons. The second-order valence-corrected chi connectivity index (χ2v) is 6.97. The van der Waals surface area contributed by atoms with Gasteiger partial charge in [0.2, 0.25) is 0 Å². The highest BCUT2D eigenvalue weighted by Gasteiger charge is 2.33. The molecule has 0 heterocycles. The lowest BCUT2D eigenvalue weighted by molar-refractivity contribution is 0.317. The Balaban J connectivity index is 2.53. The summed E-state index contributed by atoms with van der Waals surface area (Å²) in [6, 6.07) is 11.3. The SMILES string of the molecule is CCCCOP(=O)(c1ccccc1F)c1ccccc1F. The highest BCUT2D eigenvalue weighted by Crippen LogP contribution is 2.46. The van der Waals surface area contributed by atoms with Gasteiger partial charge in [-0.25, -0.2) is 8.78 Å². The second-order valence-electron chi connectivity index (χ2n) is 4.64. The maximum Gasteiger partial charge on any atom is 0.267 e. The van der Waals surface area contributed by atoms with Crippen LogP contribution in [0.5, 0.6) is 0 Å². The van der Waals surface area contributed by atoms with Crippen LogP contribution < -0.4 is 10.6 Å². The average Bonchev–Trinajstić information content (AvgIpc) is 2.48. The molecule has 0 aliphatic heterocycles. The Bertz CT molecular complexity index is 609. The first-order valence-electron chi connectivity index (χ1n) is 6.84. The van der Waals surface area contributed by atoms with Gasteiger partial charge in [0.25, 0.3) is 7.37 Å². The van der Waals surface area contributed by atoms with Gasteiger partial charge in [0.05, 0.1) is 17.2 Å². The minimum atomic E-state index is -3.78. The van der Waals surface area contributed by atoms with Crippen molar-refractivity contribution in [2.45, 2.75) is 19.8 Å². The molecule has 21 heavy (non-hydrogen) atoms. The highest BCUT2D eigenvalue weighted by molar-refractivity contribution is 7.74. The normalized spacial score (nSPS) is 11.6. The molecule has 2 aromatic rings. The first-order chi connectivity index (χ1) is 10.1. The van der Waals surface area contributed by atoms with Crippen molar-refractivity contribution in [2.24, 2.45) is 0 Å². The Hall–Kier alpha value is -1.51. The number of rotatable bonds is 6. The van der Waals surface area contributed by atoms with Gasteiger partial charge in [-0.15, -0.1) is 0 Å². The van der Waals surface area contributed by atoms with Crippen LogP contribution in [0.1, 0.15) is 19.8 Å². The molecule has 0 amide bonds. The van der Waals surface area contributed by atoms with Crippen LogP contribution in [0.2, 0.25) is 0 Å². The fourth-order valence-electron chi connectivity index (χ4n) is 1.99. The van der Waals surface area contributed by atoms with E-state index in [2.05, 4.69) is 0 Å². The lowest BCUT2D eigenvalue weighted by Crippen LogP contribution is -2.23. The summed E-state index contributed by atoms with van der Waals surface area (Å²) in [5, 5.41) is -0.183. The molecule has 0 unspecified atom stereocenters. The Morgan fingerprint density at radius 3 is 1.86 bits per heavy atom. The van der Waals surface area contributed by atoms with E-state index in [1.165, 1.54) is 36.4 Å². The molecule has 0 atom stereocenters. The Labute approximate surface area is 123 Å². The molecule has 0 bridgehead atoms. The van der Waals surface area contributed by atoms with E-state index < -0.39 is 19.0 Å². The minimum absolute atomic E-state index is 0.0915. The molecule has 0 fully saturated rings. The van der Waals surface area contributed by atoms with Crippen molar-refractivity contribution in [2.75, 3.05) is 6.61 Å². The van der Waals surface area contributed by atoms with Gasteiger partial charge in [-0.05, 0) is 30.7 Å². The number of halogens is 2. The standard InChI is InChI=1S/C16H17F2O2P/c1-2-3-12-20-21(19,15-10-6-4-8-13(15)17)16-11-7-5-9-14(16)18/h4-11H,2-3,12H2,1H3. The molecular formula is C16H17F2O2P. The zero-order valence-electron chi connectivity index (χ0n) is 11.8. The van der Waals surface area contributed by atoms with E-state index in [1.807, 2.05) is 6.92 Å². The predicted octanol–water partition coefficient (Wildman–Crippen LogP) is 4.01. The van der Waals surface area contributed by atoms with E-state index in [-0.39, 0.29) is 17.2 Å². The summed E-state index contributed by atoms with van der Waals surface area (Å²) in [6.45, 7) is 2.15. The molecule has 0 radical (unpaired) electrons. The monoisotopic (exact) mass is 310 g/mol. The van der Waals surface area contributed by atoms with Crippen molar-refractivity contribution in [1.29, 1.82) is 0 Å². The van der Waals surface area contributed by atoms with Crippen molar-refractivity contribution >= 4 is 18.0 Å². The van der Waals surface area contributed by atoms with E-state index >= 15 is 0 Å². The summed E-state index contributed by atoms with van der Waals surface area (Å²) in [6.07, 6.45) is 1.52. The van der Waals surface area contributed by atoms with E-state index in [1.54, 1.807) is 12.1 Å². The summed E-state index contributed by atoms with van der Waals surface area (Å²) in [4.78, 5) is 0. The third-order valence-corrected chi connectivity index (χ3v) is 5.65. The van der Waals surface area contributed by atoms with Crippen LogP contribution in [0.4, 0.5) is 8.78 Å². The Morgan fingerprint density at radius 1 is 0.952 bits per heavy atom. The van der Waals surface area contributed by atoms with Gasteiger partial charge in [0.15, 0.2) is 0 Å². The summed E-state index contributed by atoms with van der Waals surface area (Å²) in [7, 11) is -3.78. The molecular weight excluding hydrogens is 293 g/mol. The number of unbranched alkanes of at least 4 members (excludes halogenated alkanes) is 1. The van der Waals surface area contributed by atoms with Crippen LogP contribution in [0, 0.1) is 11.6 Å². The third kappa shape index (κ3) is 3.39. The quantitative estimate of drug-likeness (QED) is 0.595. The van der Waals surface area contributed by atoms with Crippen molar-refractivity contribution in [3.05, 3.63) is 60.2 Å². The van der Waals surface area contributed by atoms with E-state index in [0.717, 1.165) is 6.42 Å². The maximum atomic E-state index is 14.0. The van der Waals surface area contributed by atoms with Crippen molar-refractivity contribution < 1.29 is 17.9 Å². The fraction of sp³-hybridized carbons (Fsp3) is 0.250. The topological polar surface area (TPSA) is 26.3 Å². The lowest BCUT2D eigenvalue weighted by atomic mass is 10.3. The average molecular weight is 310 g/mol. The van der Waals surface area contributed by atoms with Gasteiger partial charge < -0.3 is 4.52 Å². The summed E-state index contributed by atoms with van der Waals surface area (Å²) in [5.41, 5.74) is 0. The molecule has 2 rings (SSSR count). The van der Waals surface area contributed by atoms with Crippen molar-refractivity contribution in [1.82, 2.24) is 0 Å². The molecule has 0 aliphatic rings. The second kappa shape index (κ2) is 6.97. The van der Waals surface area contributed by atoms with Gasteiger partial charge in [-0.1, -0.05) is 37.6 Å². The molecule has 2 aromatic carbocycles. The minimum Gasteiger partial charge on any atom is -0.322 e. The maximum absolute atomic E-state index is 14.0. The molecule has 0 saturated carbocycles. The number of benzene rings is 2. The molecule has 0 spiro atoms. The van der Waals surface area contributed by atoms with Crippen LogP contribution in [0.15, 0.2) is 48.5 Å². The fourth-order valence-corrected chi connectivity index (χ4v) is 4.19. The molecule has 5 heteroatoms. The largest absolute Gasteiger partial charge is 0.322 e. The Morgan fingerprint density at radius 2 is 1.43 bits per heavy atom. The summed E-state index contributed by atoms with van der Waals surface area (Å²) < 4.78 is 46.8. The molecule has 0 aromatic heterocycles. The van der Waals surface area contributed by atoms with E-state index in [0.29, 0.717) is 6.42 Å². The number of hydrogen-bond acceptors (Lipinski definition) is 2.